The minimum Gasteiger partial charge on any atom is -0.378 e. The van der Waals surface area contributed by atoms with E-state index in [0.29, 0.717) is 13.0 Å². The van der Waals surface area contributed by atoms with Gasteiger partial charge in [0.1, 0.15) is 0 Å². The highest BCUT2D eigenvalue weighted by molar-refractivity contribution is 5.76. The number of nitrogens with zero attached hydrogens (tertiary/aromatic N) is 5. The first-order valence-electron chi connectivity index (χ1n) is 9.25. The summed E-state index contributed by atoms with van der Waals surface area (Å²) < 4.78 is 7.68. The van der Waals surface area contributed by atoms with Crippen LogP contribution in [0.5, 0.6) is 0 Å². The molecule has 1 amide bonds. The van der Waals surface area contributed by atoms with E-state index in [0.717, 1.165) is 51.6 Å². The first-order valence-corrected chi connectivity index (χ1v) is 9.25. The van der Waals surface area contributed by atoms with Crippen molar-refractivity contribution in [2.75, 3.05) is 59.5 Å². The Kier molecular flexibility index (Phi) is 5.76. The van der Waals surface area contributed by atoms with Crippen LogP contribution in [0.15, 0.2) is 0 Å². The highest BCUT2D eigenvalue weighted by Crippen LogP contribution is 2.29. The molecule has 0 aliphatic carbocycles. The zero-order chi connectivity index (χ0) is 18.0. The molecule has 1 unspecified atom stereocenters. The van der Waals surface area contributed by atoms with Crippen molar-refractivity contribution in [3.05, 3.63) is 17.0 Å². The minimum atomic E-state index is 0.197. The first-order chi connectivity index (χ1) is 12.0. The summed E-state index contributed by atoms with van der Waals surface area (Å²) >= 11 is 0. The van der Waals surface area contributed by atoms with Gasteiger partial charge in [0.25, 0.3) is 0 Å². The molecule has 1 atom stereocenters. The Bertz CT molecular complexity index is 607. The Hall–Kier alpha value is -1.44. The Labute approximate surface area is 150 Å². The van der Waals surface area contributed by atoms with Crippen LogP contribution in [0.4, 0.5) is 0 Å². The van der Waals surface area contributed by atoms with E-state index in [1.54, 1.807) is 0 Å². The molecule has 0 aromatic carbocycles. The van der Waals surface area contributed by atoms with Gasteiger partial charge in [-0.3, -0.25) is 14.4 Å². The number of carbonyl (C=O) groups is 1. The Morgan fingerprint density at radius 2 is 1.88 bits per heavy atom. The number of rotatable bonds is 4. The second-order valence-electron chi connectivity index (χ2n) is 7.27. The van der Waals surface area contributed by atoms with Crippen LogP contribution in [0.25, 0.3) is 0 Å². The fourth-order valence-corrected chi connectivity index (χ4v) is 3.90. The fraction of sp³-hybridized carbons (Fsp3) is 0.778. The normalized spacial score (nSPS) is 23.2. The van der Waals surface area contributed by atoms with Gasteiger partial charge >= 0.3 is 0 Å². The van der Waals surface area contributed by atoms with Crippen molar-refractivity contribution in [2.45, 2.75) is 26.3 Å². The van der Waals surface area contributed by atoms with Gasteiger partial charge in [-0.05, 0) is 20.9 Å². The summed E-state index contributed by atoms with van der Waals surface area (Å²) in [7, 11) is 4.09. The van der Waals surface area contributed by atoms with Gasteiger partial charge in [-0.2, -0.15) is 5.10 Å². The summed E-state index contributed by atoms with van der Waals surface area (Å²) in [6, 6.07) is 0.197. The van der Waals surface area contributed by atoms with Crippen LogP contribution in [-0.2, 0) is 16.6 Å². The van der Waals surface area contributed by atoms with Gasteiger partial charge in [-0.1, -0.05) is 0 Å². The molecule has 2 aliphatic heterocycles. The summed E-state index contributed by atoms with van der Waals surface area (Å²) in [5.41, 5.74) is 3.50. The average molecular weight is 349 g/mol. The van der Waals surface area contributed by atoms with E-state index in [1.807, 2.05) is 16.6 Å². The van der Waals surface area contributed by atoms with E-state index < -0.39 is 0 Å². The van der Waals surface area contributed by atoms with Gasteiger partial charge < -0.3 is 14.5 Å². The molecular formula is C18H31N5O2. The largest absolute Gasteiger partial charge is 0.378 e. The minimum absolute atomic E-state index is 0.197. The summed E-state index contributed by atoms with van der Waals surface area (Å²) in [5, 5.41) is 4.55. The summed E-state index contributed by atoms with van der Waals surface area (Å²) in [5.74, 6) is 0.276. The Balaban J connectivity index is 1.62. The standard InChI is InChI=1S/C18H31N5O2/c1-14-18(15(2)21(4)19-14)16-13-25-12-11-22(16)6-5-17(24)23-9-7-20(3)8-10-23/h16H,5-13H2,1-4H3. The third kappa shape index (κ3) is 4.04. The number of ether oxygens (including phenoxy) is 1. The number of hydrogen-bond acceptors (Lipinski definition) is 5. The van der Waals surface area contributed by atoms with E-state index in [2.05, 4.69) is 35.8 Å². The fourth-order valence-electron chi connectivity index (χ4n) is 3.90. The second kappa shape index (κ2) is 7.85. The third-order valence-electron chi connectivity index (χ3n) is 5.61. The molecule has 0 radical (unpaired) electrons. The number of likely N-dealkylation sites (N-methyl/N-ethyl adjacent to an activating group) is 1. The van der Waals surface area contributed by atoms with Crippen molar-refractivity contribution in [2.24, 2.45) is 7.05 Å². The predicted molar refractivity (Wildman–Crippen MR) is 96.5 cm³/mol. The molecule has 3 rings (SSSR count). The number of piperazine rings is 1. The van der Waals surface area contributed by atoms with Crippen LogP contribution in [-0.4, -0.2) is 89.9 Å². The molecule has 1 aromatic heterocycles. The van der Waals surface area contributed by atoms with Crippen LogP contribution < -0.4 is 0 Å². The molecule has 7 heteroatoms. The summed E-state index contributed by atoms with van der Waals surface area (Å²) in [4.78, 5) is 19.2. The molecule has 2 saturated heterocycles. The maximum atomic E-state index is 12.6. The third-order valence-corrected chi connectivity index (χ3v) is 5.61. The lowest BCUT2D eigenvalue weighted by molar-refractivity contribution is -0.133. The molecule has 1 aromatic rings. The average Bonchev–Trinajstić information content (AvgIpc) is 2.86. The number of morpholine rings is 1. The molecule has 3 heterocycles. The van der Waals surface area contributed by atoms with Crippen molar-refractivity contribution in [1.29, 1.82) is 0 Å². The van der Waals surface area contributed by atoms with Gasteiger partial charge in [0, 0.05) is 64.0 Å². The van der Waals surface area contributed by atoms with Crippen molar-refractivity contribution in [1.82, 2.24) is 24.5 Å². The maximum absolute atomic E-state index is 12.6. The summed E-state index contributed by atoms with van der Waals surface area (Å²) in [6.45, 7) is 10.9. The van der Waals surface area contributed by atoms with Gasteiger partial charge in [0.15, 0.2) is 0 Å². The molecule has 0 saturated carbocycles. The van der Waals surface area contributed by atoms with E-state index in [4.69, 9.17) is 4.74 Å². The van der Waals surface area contributed by atoms with Gasteiger partial charge in [0.2, 0.25) is 5.91 Å². The van der Waals surface area contributed by atoms with Gasteiger partial charge in [-0.15, -0.1) is 0 Å². The van der Waals surface area contributed by atoms with Crippen molar-refractivity contribution < 1.29 is 9.53 Å². The van der Waals surface area contributed by atoms with Crippen LogP contribution in [0, 0.1) is 13.8 Å². The highest BCUT2D eigenvalue weighted by atomic mass is 16.5. The molecule has 2 aliphatic rings. The predicted octanol–water partition coefficient (Wildman–Crippen LogP) is 0.574. The lowest BCUT2D eigenvalue weighted by Gasteiger charge is -2.37. The number of carbonyl (C=O) groups excluding carboxylic acids is 1. The second-order valence-corrected chi connectivity index (χ2v) is 7.27. The molecule has 140 valence electrons. The number of amides is 1. The molecule has 0 N–H and O–H groups in total. The van der Waals surface area contributed by atoms with E-state index in [9.17, 15) is 4.79 Å². The van der Waals surface area contributed by atoms with Gasteiger partial charge in [-0.25, -0.2) is 0 Å². The van der Waals surface area contributed by atoms with E-state index >= 15 is 0 Å². The molecule has 25 heavy (non-hydrogen) atoms. The van der Waals surface area contributed by atoms with Crippen molar-refractivity contribution in [3.8, 4) is 0 Å². The molecule has 7 nitrogen and oxygen atoms in total. The van der Waals surface area contributed by atoms with Crippen molar-refractivity contribution >= 4 is 5.91 Å². The number of aromatic nitrogens is 2. The van der Waals surface area contributed by atoms with Crippen molar-refractivity contribution in [3.63, 3.8) is 0 Å². The van der Waals surface area contributed by atoms with E-state index in [-0.39, 0.29) is 11.9 Å². The molecular weight excluding hydrogens is 318 g/mol. The van der Waals surface area contributed by atoms with E-state index in [1.165, 1.54) is 11.3 Å². The Morgan fingerprint density at radius 1 is 1.16 bits per heavy atom. The zero-order valence-corrected chi connectivity index (χ0v) is 16.0. The number of hydrogen-bond donors (Lipinski definition) is 0. The summed E-state index contributed by atoms with van der Waals surface area (Å²) in [6.07, 6.45) is 0.582. The smallest absolute Gasteiger partial charge is 0.223 e. The molecule has 0 spiro atoms. The highest BCUT2D eigenvalue weighted by Gasteiger charge is 2.30. The van der Waals surface area contributed by atoms with Gasteiger partial charge in [0.05, 0.1) is 24.9 Å². The van der Waals surface area contributed by atoms with Crippen LogP contribution >= 0.6 is 0 Å². The lowest BCUT2D eigenvalue weighted by atomic mass is 10.0. The zero-order valence-electron chi connectivity index (χ0n) is 16.0. The first kappa shape index (κ1) is 18.4. The molecule has 2 fully saturated rings. The van der Waals surface area contributed by atoms with Crippen LogP contribution in [0.2, 0.25) is 0 Å². The SMILES string of the molecule is Cc1nn(C)c(C)c1C1COCCN1CCC(=O)N1CCN(C)CC1. The van der Waals surface area contributed by atoms with Crippen LogP contribution in [0.3, 0.4) is 0 Å². The lowest BCUT2D eigenvalue weighted by Crippen LogP contribution is -2.48. The number of aryl methyl sites for hydroxylation is 2. The van der Waals surface area contributed by atoms with Crippen LogP contribution in [0.1, 0.15) is 29.4 Å². The monoisotopic (exact) mass is 349 g/mol. The Morgan fingerprint density at radius 3 is 2.52 bits per heavy atom. The quantitative estimate of drug-likeness (QED) is 0.796. The topological polar surface area (TPSA) is 53.8 Å². The maximum Gasteiger partial charge on any atom is 0.223 e. The molecule has 0 bridgehead atoms.